The second kappa shape index (κ2) is 7.26. The van der Waals surface area contributed by atoms with Gasteiger partial charge in [-0.2, -0.15) is 0 Å². The predicted molar refractivity (Wildman–Crippen MR) is 62.2 cm³/mol. The zero-order valence-corrected chi connectivity index (χ0v) is 9.24. The van der Waals surface area contributed by atoms with E-state index in [1.807, 2.05) is 30.3 Å². The molecule has 0 radical (unpaired) electrons. The third kappa shape index (κ3) is 5.40. The fourth-order valence-corrected chi connectivity index (χ4v) is 1.43. The van der Waals surface area contributed by atoms with E-state index >= 15 is 0 Å². The molecule has 0 aliphatic rings. The maximum Gasteiger partial charge on any atom is 0.303 e. The summed E-state index contributed by atoms with van der Waals surface area (Å²) in [6, 6.07) is 9.82. The van der Waals surface area contributed by atoms with Gasteiger partial charge in [-0.25, -0.2) is 0 Å². The van der Waals surface area contributed by atoms with Crippen LogP contribution >= 0.6 is 12.4 Å². The smallest absolute Gasteiger partial charge is 0.303 e. The zero-order valence-electron chi connectivity index (χ0n) is 8.43. The molecule has 0 spiro atoms. The number of rotatable bonds is 5. The molecular formula is C11H16ClNO2. The van der Waals surface area contributed by atoms with Crippen molar-refractivity contribution in [1.82, 2.24) is 0 Å². The van der Waals surface area contributed by atoms with E-state index in [-0.39, 0.29) is 24.7 Å². The van der Waals surface area contributed by atoms with Crippen LogP contribution in [0, 0.1) is 5.92 Å². The van der Waals surface area contributed by atoms with Crippen LogP contribution in [-0.4, -0.2) is 17.6 Å². The van der Waals surface area contributed by atoms with Crippen molar-refractivity contribution in [2.24, 2.45) is 11.7 Å². The number of halogens is 1. The van der Waals surface area contributed by atoms with Gasteiger partial charge in [0.2, 0.25) is 0 Å². The lowest BCUT2D eigenvalue weighted by Gasteiger charge is -2.11. The number of hydrogen-bond donors (Lipinski definition) is 2. The number of carboxylic acids is 1. The van der Waals surface area contributed by atoms with Gasteiger partial charge in [0.25, 0.3) is 0 Å². The summed E-state index contributed by atoms with van der Waals surface area (Å²) in [7, 11) is 0. The average Bonchev–Trinajstić information content (AvgIpc) is 2.17. The molecule has 15 heavy (non-hydrogen) atoms. The zero-order chi connectivity index (χ0) is 10.4. The Labute approximate surface area is 95.7 Å². The van der Waals surface area contributed by atoms with E-state index in [1.165, 1.54) is 0 Å². The van der Waals surface area contributed by atoms with Gasteiger partial charge >= 0.3 is 5.97 Å². The van der Waals surface area contributed by atoms with Gasteiger partial charge in [0, 0.05) is 6.42 Å². The highest BCUT2D eigenvalue weighted by Crippen LogP contribution is 2.10. The van der Waals surface area contributed by atoms with E-state index in [0.717, 1.165) is 12.0 Å². The topological polar surface area (TPSA) is 63.3 Å². The third-order valence-corrected chi connectivity index (χ3v) is 2.16. The summed E-state index contributed by atoms with van der Waals surface area (Å²) in [5.74, 6) is -0.744. The molecule has 1 aromatic carbocycles. The molecule has 0 fully saturated rings. The number of carboxylic acid groups (broad SMARTS) is 1. The fraction of sp³-hybridized carbons (Fsp3) is 0.364. The molecule has 0 aliphatic heterocycles. The Balaban J connectivity index is 0.00000196. The van der Waals surface area contributed by atoms with E-state index in [1.54, 1.807) is 0 Å². The summed E-state index contributed by atoms with van der Waals surface area (Å²) in [5.41, 5.74) is 6.65. The van der Waals surface area contributed by atoms with Crippen LogP contribution in [0.2, 0.25) is 0 Å². The number of carbonyl (C=O) groups is 1. The van der Waals surface area contributed by atoms with Crippen molar-refractivity contribution in [1.29, 1.82) is 0 Å². The summed E-state index contributed by atoms with van der Waals surface area (Å²) in [5, 5.41) is 8.64. The molecule has 0 saturated carbocycles. The second-order valence-electron chi connectivity index (χ2n) is 3.39. The minimum absolute atomic E-state index is 0. The number of hydrogen-bond acceptors (Lipinski definition) is 2. The minimum atomic E-state index is -0.781. The molecule has 0 saturated heterocycles. The number of nitrogens with two attached hydrogens (primary N) is 1. The van der Waals surface area contributed by atoms with Gasteiger partial charge in [0.05, 0.1) is 0 Å². The molecule has 0 aromatic heterocycles. The number of benzene rings is 1. The fourth-order valence-electron chi connectivity index (χ4n) is 1.43. The minimum Gasteiger partial charge on any atom is -0.481 e. The first-order valence-electron chi connectivity index (χ1n) is 4.68. The van der Waals surface area contributed by atoms with Crippen LogP contribution in [-0.2, 0) is 11.2 Å². The van der Waals surface area contributed by atoms with Gasteiger partial charge in [0.1, 0.15) is 0 Å². The molecule has 0 amide bonds. The summed E-state index contributed by atoms with van der Waals surface area (Å²) < 4.78 is 0. The number of aliphatic carboxylic acids is 1. The summed E-state index contributed by atoms with van der Waals surface area (Å²) in [6.45, 7) is 0.418. The first-order valence-corrected chi connectivity index (χ1v) is 4.68. The van der Waals surface area contributed by atoms with Crippen LogP contribution in [0.5, 0.6) is 0 Å². The predicted octanol–water partition coefficient (Wildman–Crippen LogP) is 1.70. The highest BCUT2D eigenvalue weighted by molar-refractivity contribution is 5.85. The normalized spacial score (nSPS) is 11.5. The van der Waals surface area contributed by atoms with Gasteiger partial charge in [-0.05, 0) is 24.4 Å². The highest BCUT2D eigenvalue weighted by Gasteiger charge is 2.11. The molecule has 3 nitrogen and oxygen atoms in total. The molecule has 1 atom stereocenters. The summed E-state index contributed by atoms with van der Waals surface area (Å²) >= 11 is 0. The Bertz CT molecular complexity index is 290. The third-order valence-electron chi connectivity index (χ3n) is 2.16. The van der Waals surface area contributed by atoms with Crippen LogP contribution in [0.1, 0.15) is 12.0 Å². The van der Waals surface area contributed by atoms with Crippen molar-refractivity contribution in [3.05, 3.63) is 35.9 Å². The summed E-state index contributed by atoms with van der Waals surface area (Å²) in [4.78, 5) is 10.5. The van der Waals surface area contributed by atoms with E-state index in [4.69, 9.17) is 10.8 Å². The van der Waals surface area contributed by atoms with E-state index < -0.39 is 5.97 Å². The molecular weight excluding hydrogens is 214 g/mol. The van der Waals surface area contributed by atoms with Crippen LogP contribution in [0.15, 0.2) is 30.3 Å². The first-order chi connectivity index (χ1) is 6.72. The highest BCUT2D eigenvalue weighted by atomic mass is 35.5. The average molecular weight is 230 g/mol. The van der Waals surface area contributed by atoms with Gasteiger partial charge in [-0.15, -0.1) is 12.4 Å². The van der Waals surface area contributed by atoms with Crippen LogP contribution in [0.3, 0.4) is 0 Å². The molecule has 1 unspecified atom stereocenters. The Morgan fingerprint density at radius 1 is 1.33 bits per heavy atom. The lowest BCUT2D eigenvalue weighted by molar-refractivity contribution is -0.138. The van der Waals surface area contributed by atoms with Crippen molar-refractivity contribution < 1.29 is 9.90 Å². The standard InChI is InChI=1S/C11H15NO2.ClH/c12-8-10(7-11(13)14)6-9-4-2-1-3-5-9;/h1-5,10H,6-8,12H2,(H,13,14);1H. The van der Waals surface area contributed by atoms with Crippen molar-refractivity contribution in [3.63, 3.8) is 0 Å². The van der Waals surface area contributed by atoms with Crippen molar-refractivity contribution in [2.45, 2.75) is 12.8 Å². The lowest BCUT2D eigenvalue weighted by atomic mass is 9.96. The first kappa shape index (κ1) is 13.9. The Morgan fingerprint density at radius 2 is 1.93 bits per heavy atom. The molecule has 0 aliphatic carbocycles. The van der Waals surface area contributed by atoms with E-state index in [2.05, 4.69) is 0 Å². The largest absolute Gasteiger partial charge is 0.481 e. The Hall–Kier alpha value is -1.06. The van der Waals surface area contributed by atoms with Gasteiger partial charge in [-0.1, -0.05) is 30.3 Å². The van der Waals surface area contributed by atoms with Crippen molar-refractivity contribution in [2.75, 3.05) is 6.54 Å². The van der Waals surface area contributed by atoms with Gasteiger partial charge < -0.3 is 10.8 Å². The molecule has 1 aromatic rings. The lowest BCUT2D eigenvalue weighted by Crippen LogP contribution is -2.20. The van der Waals surface area contributed by atoms with Crippen LogP contribution in [0.4, 0.5) is 0 Å². The molecule has 3 N–H and O–H groups in total. The van der Waals surface area contributed by atoms with Crippen LogP contribution in [0.25, 0.3) is 0 Å². The molecule has 0 bridgehead atoms. The monoisotopic (exact) mass is 229 g/mol. The second-order valence-corrected chi connectivity index (χ2v) is 3.39. The van der Waals surface area contributed by atoms with E-state index in [9.17, 15) is 4.79 Å². The SMILES string of the molecule is Cl.NCC(CC(=O)O)Cc1ccccc1. The Morgan fingerprint density at radius 3 is 2.40 bits per heavy atom. The summed E-state index contributed by atoms with van der Waals surface area (Å²) in [6.07, 6.45) is 0.884. The molecule has 0 heterocycles. The van der Waals surface area contributed by atoms with E-state index in [0.29, 0.717) is 6.54 Å². The maximum atomic E-state index is 10.5. The Kier molecular flexibility index (Phi) is 6.75. The molecule has 1 rings (SSSR count). The maximum absolute atomic E-state index is 10.5. The molecule has 84 valence electrons. The quantitative estimate of drug-likeness (QED) is 0.808. The van der Waals surface area contributed by atoms with Crippen LogP contribution < -0.4 is 5.73 Å². The molecule has 4 heteroatoms. The van der Waals surface area contributed by atoms with Crippen molar-refractivity contribution >= 4 is 18.4 Å². The van der Waals surface area contributed by atoms with Crippen molar-refractivity contribution in [3.8, 4) is 0 Å². The van der Waals surface area contributed by atoms with Gasteiger partial charge in [-0.3, -0.25) is 4.79 Å². The van der Waals surface area contributed by atoms with Gasteiger partial charge in [0.15, 0.2) is 0 Å².